The lowest BCUT2D eigenvalue weighted by molar-refractivity contribution is -0.133. The molecule has 5 nitrogen and oxygen atoms in total. The van der Waals surface area contributed by atoms with Crippen LogP contribution in [0.1, 0.15) is 18.4 Å². The van der Waals surface area contributed by atoms with Gasteiger partial charge in [0.2, 0.25) is 5.91 Å². The second-order valence-corrected chi connectivity index (χ2v) is 6.30. The van der Waals surface area contributed by atoms with Crippen molar-refractivity contribution in [2.45, 2.75) is 31.9 Å². The largest absolute Gasteiger partial charge is 0.392 e. The lowest BCUT2D eigenvalue weighted by Gasteiger charge is -2.26. The highest BCUT2D eigenvalue weighted by molar-refractivity contribution is 5.82. The molecule has 2 atom stereocenters. The molecule has 22 heavy (non-hydrogen) atoms. The molecule has 120 valence electrons. The Hall–Kier alpha value is -1.59. The molecule has 2 saturated heterocycles. The molecule has 0 bridgehead atoms. The maximum absolute atomic E-state index is 12.5. The molecule has 1 aromatic rings. The number of aliphatic hydroxyl groups excluding tert-OH is 1. The second kappa shape index (κ2) is 6.67. The Morgan fingerprint density at radius 2 is 2.05 bits per heavy atom. The molecule has 2 heterocycles. The number of β-amino-alcohol motifs (C(OH)–C–C–N with tert-alkyl or cyclic N) is 1. The zero-order valence-corrected chi connectivity index (χ0v) is 13.2. The van der Waals surface area contributed by atoms with Crippen LogP contribution in [0.4, 0.5) is 5.69 Å². The molecule has 0 radical (unpaired) electrons. The van der Waals surface area contributed by atoms with Gasteiger partial charge in [0.25, 0.3) is 0 Å². The third-order valence-corrected chi connectivity index (χ3v) is 4.67. The molecular weight excluding hydrogens is 278 g/mol. The van der Waals surface area contributed by atoms with E-state index in [4.69, 9.17) is 0 Å². The minimum atomic E-state index is -0.385. The number of benzene rings is 1. The Balaban J connectivity index is 1.63. The summed E-state index contributed by atoms with van der Waals surface area (Å²) >= 11 is 0. The first-order chi connectivity index (χ1) is 10.6. The van der Waals surface area contributed by atoms with E-state index in [9.17, 15) is 9.90 Å². The van der Waals surface area contributed by atoms with Gasteiger partial charge in [-0.3, -0.25) is 4.79 Å². The van der Waals surface area contributed by atoms with Gasteiger partial charge in [-0.25, -0.2) is 0 Å². The van der Waals surface area contributed by atoms with Crippen molar-refractivity contribution in [2.75, 3.05) is 37.6 Å². The fourth-order valence-corrected chi connectivity index (χ4v) is 3.42. The molecule has 0 aliphatic carbocycles. The van der Waals surface area contributed by atoms with Crippen molar-refractivity contribution in [3.05, 3.63) is 29.8 Å². The molecule has 0 aromatic heterocycles. The summed E-state index contributed by atoms with van der Waals surface area (Å²) in [6.07, 6.45) is 1.14. The number of nitrogens with one attached hydrogen (secondary N) is 1. The highest BCUT2D eigenvalue weighted by Gasteiger charge is 2.32. The van der Waals surface area contributed by atoms with Crippen LogP contribution in [0.2, 0.25) is 0 Å². The van der Waals surface area contributed by atoms with Crippen LogP contribution < -0.4 is 10.2 Å². The third-order valence-electron chi connectivity index (χ3n) is 4.67. The van der Waals surface area contributed by atoms with Gasteiger partial charge >= 0.3 is 0 Å². The van der Waals surface area contributed by atoms with E-state index in [0.717, 1.165) is 32.6 Å². The molecule has 0 spiro atoms. The summed E-state index contributed by atoms with van der Waals surface area (Å²) in [5, 5.41) is 12.7. The first-order valence-corrected chi connectivity index (χ1v) is 8.16. The van der Waals surface area contributed by atoms with Crippen molar-refractivity contribution >= 4 is 11.6 Å². The average molecular weight is 303 g/mol. The van der Waals surface area contributed by atoms with Crippen LogP contribution in [0.3, 0.4) is 0 Å². The minimum absolute atomic E-state index is 0.142. The highest BCUT2D eigenvalue weighted by Crippen LogP contribution is 2.21. The van der Waals surface area contributed by atoms with E-state index >= 15 is 0 Å². The van der Waals surface area contributed by atoms with Gasteiger partial charge in [0, 0.05) is 38.4 Å². The monoisotopic (exact) mass is 303 g/mol. The fourth-order valence-electron chi connectivity index (χ4n) is 3.42. The van der Waals surface area contributed by atoms with Crippen molar-refractivity contribution in [3.8, 4) is 0 Å². The number of aryl methyl sites for hydroxylation is 1. The zero-order valence-electron chi connectivity index (χ0n) is 13.2. The van der Waals surface area contributed by atoms with Crippen molar-refractivity contribution in [1.29, 1.82) is 0 Å². The normalized spacial score (nSPS) is 26.1. The molecule has 0 unspecified atom stereocenters. The van der Waals surface area contributed by atoms with E-state index in [0.29, 0.717) is 13.0 Å². The predicted octanol–water partition coefficient (Wildman–Crippen LogP) is 0.757. The van der Waals surface area contributed by atoms with Crippen LogP contribution in [0.5, 0.6) is 0 Å². The van der Waals surface area contributed by atoms with Gasteiger partial charge in [-0.05, 0) is 31.4 Å². The summed E-state index contributed by atoms with van der Waals surface area (Å²) in [7, 11) is 0. The smallest absolute Gasteiger partial charge is 0.239 e. The van der Waals surface area contributed by atoms with Gasteiger partial charge in [0.05, 0.1) is 12.1 Å². The molecule has 2 fully saturated rings. The zero-order chi connectivity index (χ0) is 15.5. The average Bonchev–Trinajstić information content (AvgIpc) is 2.81. The van der Waals surface area contributed by atoms with Gasteiger partial charge in [-0.2, -0.15) is 0 Å². The second-order valence-electron chi connectivity index (χ2n) is 6.30. The van der Waals surface area contributed by atoms with Crippen LogP contribution >= 0.6 is 0 Å². The van der Waals surface area contributed by atoms with Gasteiger partial charge in [0.1, 0.15) is 0 Å². The number of rotatable bonds is 2. The summed E-state index contributed by atoms with van der Waals surface area (Å²) in [6, 6.07) is 8.21. The van der Waals surface area contributed by atoms with Gasteiger partial charge in [0.15, 0.2) is 0 Å². The molecular formula is C17H25N3O2. The van der Waals surface area contributed by atoms with Gasteiger partial charge < -0.3 is 20.2 Å². The molecule has 2 aliphatic rings. The van der Waals surface area contributed by atoms with Crippen LogP contribution in [0, 0.1) is 6.92 Å². The van der Waals surface area contributed by atoms with E-state index in [2.05, 4.69) is 41.4 Å². The standard InChI is InChI=1S/C17H25N3O2/c1-13-5-2-3-6-16(13)19-7-4-8-20(10-9-19)17(22)15-11-14(21)12-18-15/h2-3,5-6,14-15,18,21H,4,7-12H2,1H3/t14-,15+/m1/s1. The SMILES string of the molecule is Cc1ccccc1N1CCCN(C(=O)[C@@H]2C[C@@H](O)CN2)CC1. The van der Waals surface area contributed by atoms with Crippen LogP contribution in [-0.2, 0) is 4.79 Å². The van der Waals surface area contributed by atoms with E-state index in [1.165, 1.54) is 11.3 Å². The number of aliphatic hydroxyl groups is 1. The number of para-hydroxylation sites is 1. The summed E-state index contributed by atoms with van der Waals surface area (Å²) < 4.78 is 0. The molecule has 1 aromatic carbocycles. The van der Waals surface area contributed by atoms with Crippen molar-refractivity contribution in [1.82, 2.24) is 10.2 Å². The number of amides is 1. The molecule has 5 heteroatoms. The van der Waals surface area contributed by atoms with Crippen molar-refractivity contribution in [2.24, 2.45) is 0 Å². The number of carbonyl (C=O) groups is 1. The van der Waals surface area contributed by atoms with Gasteiger partial charge in [-0.1, -0.05) is 18.2 Å². The lowest BCUT2D eigenvalue weighted by atomic mass is 10.1. The van der Waals surface area contributed by atoms with E-state index < -0.39 is 0 Å². The van der Waals surface area contributed by atoms with E-state index in [-0.39, 0.29) is 18.1 Å². The molecule has 1 amide bonds. The topological polar surface area (TPSA) is 55.8 Å². The summed E-state index contributed by atoms with van der Waals surface area (Å²) in [4.78, 5) is 16.9. The maximum atomic E-state index is 12.5. The summed E-state index contributed by atoms with van der Waals surface area (Å²) in [5.74, 6) is 0.142. The van der Waals surface area contributed by atoms with Crippen molar-refractivity contribution < 1.29 is 9.90 Å². The number of carbonyl (C=O) groups excluding carboxylic acids is 1. The summed E-state index contributed by atoms with van der Waals surface area (Å²) in [6.45, 7) is 6.06. The Kier molecular flexibility index (Phi) is 4.64. The Bertz CT molecular complexity index is 534. The van der Waals surface area contributed by atoms with Gasteiger partial charge in [-0.15, -0.1) is 0 Å². The van der Waals surface area contributed by atoms with E-state index in [1.807, 2.05) is 4.90 Å². The van der Waals surface area contributed by atoms with Crippen LogP contribution in [0.25, 0.3) is 0 Å². The Morgan fingerprint density at radius 1 is 1.23 bits per heavy atom. The third kappa shape index (κ3) is 3.25. The summed E-state index contributed by atoms with van der Waals surface area (Å²) in [5.41, 5.74) is 2.55. The Morgan fingerprint density at radius 3 is 2.77 bits per heavy atom. The Labute approximate surface area is 131 Å². The number of nitrogens with zero attached hydrogens (tertiary/aromatic N) is 2. The first-order valence-electron chi connectivity index (χ1n) is 8.16. The van der Waals surface area contributed by atoms with Crippen LogP contribution in [0.15, 0.2) is 24.3 Å². The molecule has 2 aliphatic heterocycles. The van der Waals surface area contributed by atoms with Crippen LogP contribution in [-0.4, -0.2) is 60.8 Å². The van der Waals surface area contributed by atoms with Crippen molar-refractivity contribution in [3.63, 3.8) is 0 Å². The first kappa shape index (κ1) is 15.3. The maximum Gasteiger partial charge on any atom is 0.239 e. The fraction of sp³-hybridized carbons (Fsp3) is 0.588. The predicted molar refractivity (Wildman–Crippen MR) is 87.0 cm³/mol. The quantitative estimate of drug-likeness (QED) is 0.847. The number of hydrogen-bond acceptors (Lipinski definition) is 4. The molecule has 2 N–H and O–H groups in total. The molecule has 3 rings (SSSR count). The minimum Gasteiger partial charge on any atom is -0.392 e. The number of anilines is 1. The van der Waals surface area contributed by atoms with E-state index in [1.54, 1.807) is 0 Å². The highest BCUT2D eigenvalue weighted by atomic mass is 16.3. The lowest BCUT2D eigenvalue weighted by Crippen LogP contribution is -2.45. The molecule has 0 saturated carbocycles. The number of hydrogen-bond donors (Lipinski definition) is 2.